The van der Waals surface area contributed by atoms with Gasteiger partial charge in [0.1, 0.15) is 47.4 Å². The van der Waals surface area contributed by atoms with E-state index in [2.05, 4.69) is 54.5 Å². The van der Waals surface area contributed by atoms with Crippen molar-refractivity contribution >= 4 is 50.6 Å². The van der Waals surface area contributed by atoms with E-state index in [-0.39, 0.29) is 52.8 Å². The number of likely N-dealkylation sites (tertiary alicyclic amines) is 3. The molecular formula is C61H72FN11O6S. The number of benzene rings is 3. The van der Waals surface area contributed by atoms with Crippen molar-refractivity contribution in [2.75, 3.05) is 70.4 Å². The van der Waals surface area contributed by atoms with Gasteiger partial charge in [0.15, 0.2) is 11.6 Å². The highest BCUT2D eigenvalue weighted by Crippen LogP contribution is 2.40. The maximum absolute atomic E-state index is 17.1. The number of anilines is 1. The number of phenols is 1. The average Bonchev–Trinajstić information content (AvgIpc) is 4.32. The van der Waals surface area contributed by atoms with E-state index in [0.29, 0.717) is 72.5 Å². The summed E-state index contributed by atoms with van der Waals surface area (Å²) in [6.45, 7) is 17.5. The van der Waals surface area contributed by atoms with Crippen LogP contribution in [0.3, 0.4) is 0 Å². The van der Waals surface area contributed by atoms with Crippen LogP contribution in [-0.2, 0) is 16.0 Å². The molecule has 4 aromatic heterocycles. The summed E-state index contributed by atoms with van der Waals surface area (Å²) in [5.74, 6) is 0.510. The molecule has 19 heteroatoms. The first-order valence-corrected chi connectivity index (χ1v) is 29.7. The lowest BCUT2D eigenvalue weighted by Gasteiger charge is -2.42. The van der Waals surface area contributed by atoms with Gasteiger partial charge in [0.2, 0.25) is 11.8 Å². The molecule has 3 N–H and O–H groups in total. The number of amides is 2. The molecule has 80 heavy (non-hydrogen) atoms. The van der Waals surface area contributed by atoms with Gasteiger partial charge in [-0.1, -0.05) is 63.2 Å². The first-order valence-electron chi connectivity index (χ1n) is 28.8. The number of hydrogen-bond donors (Lipinski definition) is 3. The minimum absolute atomic E-state index is 0.0310. The number of piperazine rings is 1. The second-order valence-electron chi connectivity index (χ2n) is 23.1. The first kappa shape index (κ1) is 53.8. The van der Waals surface area contributed by atoms with Crippen LogP contribution in [0.15, 0.2) is 76.9 Å². The van der Waals surface area contributed by atoms with Gasteiger partial charge in [-0.2, -0.15) is 9.97 Å². The molecule has 0 spiro atoms. The third-order valence-electron chi connectivity index (χ3n) is 17.3. The molecule has 17 nitrogen and oxygen atoms in total. The monoisotopic (exact) mass is 1110 g/mol. The van der Waals surface area contributed by atoms with E-state index in [1.807, 2.05) is 63.5 Å². The number of hydrogen-bond acceptors (Lipinski definition) is 16. The van der Waals surface area contributed by atoms with E-state index in [1.54, 1.807) is 40.6 Å². The number of halogens is 1. The fraction of sp³-hybridized carbons (Fsp3) is 0.492. The number of carbonyl (C=O) groups excluding carboxylic acids is 2. The van der Waals surface area contributed by atoms with Crippen molar-refractivity contribution < 1.29 is 33.1 Å². The number of nitrogens with one attached hydrogen (secondary N) is 2. The number of fused-ring (bicyclic) bond motifs is 4. The van der Waals surface area contributed by atoms with Crippen LogP contribution in [-0.4, -0.2) is 146 Å². The smallest absolute Gasteiger partial charge is 0.319 e. The highest BCUT2D eigenvalue weighted by Gasteiger charge is 2.41. The van der Waals surface area contributed by atoms with Crippen molar-refractivity contribution in [3.63, 3.8) is 0 Å². The van der Waals surface area contributed by atoms with E-state index in [4.69, 9.17) is 28.9 Å². The molecule has 5 fully saturated rings. The molecule has 7 aromatic rings. The number of pyridine rings is 1. The Kier molecular flexibility index (Phi) is 15.5. The normalized spacial score (nSPS) is 20.9. The van der Waals surface area contributed by atoms with E-state index in [9.17, 15) is 14.7 Å². The number of aromatic nitrogens is 5. The summed E-state index contributed by atoms with van der Waals surface area (Å²) < 4.78 is 35.6. The van der Waals surface area contributed by atoms with Crippen molar-refractivity contribution in [2.24, 2.45) is 11.8 Å². The molecule has 0 aliphatic carbocycles. The van der Waals surface area contributed by atoms with Crippen molar-refractivity contribution in [1.82, 2.24) is 50.4 Å². The predicted octanol–water partition coefficient (Wildman–Crippen LogP) is 9.07. The molecular weight excluding hydrogens is 1030 g/mol. The summed E-state index contributed by atoms with van der Waals surface area (Å²) in [5, 5.41) is 24.1. The van der Waals surface area contributed by atoms with Crippen molar-refractivity contribution in [2.45, 2.75) is 116 Å². The molecule has 3 aromatic carbocycles. The predicted molar refractivity (Wildman–Crippen MR) is 307 cm³/mol. The number of carbonyl (C=O) groups is 2. The van der Waals surface area contributed by atoms with Gasteiger partial charge in [-0.25, -0.2) is 9.37 Å². The van der Waals surface area contributed by atoms with Gasteiger partial charge in [-0.05, 0) is 128 Å². The Morgan fingerprint density at radius 1 is 0.938 bits per heavy atom. The van der Waals surface area contributed by atoms with Gasteiger partial charge in [-0.15, -0.1) is 11.3 Å². The Balaban J connectivity index is 0.621. The number of ether oxygens (including phenoxy) is 2. The summed E-state index contributed by atoms with van der Waals surface area (Å²) >= 11 is 1.61. The maximum atomic E-state index is 17.1. The summed E-state index contributed by atoms with van der Waals surface area (Å²) in [5.41, 5.74) is 6.81. The van der Waals surface area contributed by atoms with Crippen molar-refractivity contribution in [1.29, 1.82) is 0 Å². The van der Waals surface area contributed by atoms with Gasteiger partial charge in [-0.3, -0.25) is 24.4 Å². The Bertz CT molecular complexity index is 3370. The van der Waals surface area contributed by atoms with Crippen LogP contribution in [0.5, 0.6) is 17.6 Å². The van der Waals surface area contributed by atoms with Crippen LogP contribution >= 0.6 is 11.3 Å². The topological polar surface area (TPSA) is 187 Å². The fourth-order valence-corrected chi connectivity index (χ4v) is 13.8. The number of aromatic hydroxyl groups is 1. The molecule has 420 valence electrons. The van der Waals surface area contributed by atoms with Crippen LogP contribution < -0.4 is 25.0 Å². The summed E-state index contributed by atoms with van der Waals surface area (Å²) in [6.07, 6.45) is 8.04. The minimum Gasteiger partial charge on any atom is -0.508 e. The van der Waals surface area contributed by atoms with Crippen molar-refractivity contribution in [3.8, 4) is 39.3 Å². The molecule has 5 saturated heterocycles. The highest BCUT2D eigenvalue weighted by atomic mass is 32.1. The SMILES string of the molecule is CCc1cccc2cc(O)cc(-c3ncc4c(N5CC6CCC(C5)N6)nc(OCCN5CCC(CN6CC(Oc7cc(C(C(=O)N8CCCC8C(=O)NC(C)c8ccc(-c9scnc9C)cc8)C(C)C)on7)C6)CC5)nc4c3F)c12. The molecule has 2 amide bonds. The molecule has 9 heterocycles. The van der Waals surface area contributed by atoms with Crippen LogP contribution in [0.4, 0.5) is 10.2 Å². The van der Waals surface area contributed by atoms with Gasteiger partial charge >= 0.3 is 6.01 Å². The summed E-state index contributed by atoms with van der Waals surface area (Å²) in [6, 6.07) is 19.2. The van der Waals surface area contributed by atoms with Gasteiger partial charge in [0, 0.05) is 75.7 Å². The average molecular weight is 1110 g/mol. The highest BCUT2D eigenvalue weighted by molar-refractivity contribution is 7.13. The molecule has 0 radical (unpaired) electrons. The minimum atomic E-state index is -0.606. The van der Waals surface area contributed by atoms with Gasteiger partial charge in [0.05, 0.1) is 27.5 Å². The third kappa shape index (κ3) is 11.0. The van der Waals surface area contributed by atoms with Crippen LogP contribution in [0.25, 0.3) is 43.4 Å². The summed E-state index contributed by atoms with van der Waals surface area (Å²) in [4.78, 5) is 56.8. The van der Waals surface area contributed by atoms with E-state index in [0.717, 1.165) is 122 Å². The number of aryl methyl sites for hydroxylation is 2. The van der Waals surface area contributed by atoms with Gasteiger partial charge in [0.25, 0.3) is 5.88 Å². The molecule has 5 atom stereocenters. The van der Waals surface area contributed by atoms with E-state index in [1.165, 1.54) is 0 Å². The Labute approximate surface area is 470 Å². The van der Waals surface area contributed by atoms with Gasteiger partial charge < -0.3 is 39.5 Å². The number of piperidine rings is 1. The zero-order valence-corrected chi connectivity index (χ0v) is 47.2. The standard InChI is InChI=1S/C61H72FN11O6S/c1-6-39-9-7-10-42-25-45(74)26-47(53(39)42)55-54(62)56-48(28-63-55)58(72-30-43-16-17-44(31-72)66-43)68-61(67-56)77-24-23-70-21-18-38(19-22-70)29-71-32-46(33-71)78-51-27-50(79-69-51)52(35(2)3)60(76)73-20-8-11-49(73)59(75)65-36(4)40-12-14-41(15-13-40)57-37(5)64-34-80-57/h7,9-10,12-15,25-28,34-36,38,43-44,46,49,52,66,74H,6,8,11,16-24,29-33H2,1-5H3,(H,65,75). The maximum Gasteiger partial charge on any atom is 0.319 e. The quantitative estimate of drug-likeness (QED) is 0.0738. The number of phenolic OH excluding ortho intramolecular Hbond substituents is 1. The zero-order chi connectivity index (χ0) is 55.2. The lowest BCUT2D eigenvalue weighted by atomic mass is 9.91. The van der Waals surface area contributed by atoms with Crippen LogP contribution in [0.1, 0.15) is 101 Å². The zero-order valence-electron chi connectivity index (χ0n) is 46.4. The van der Waals surface area contributed by atoms with E-state index < -0.39 is 17.8 Å². The summed E-state index contributed by atoms with van der Waals surface area (Å²) in [7, 11) is 0. The Hall–Kier alpha value is -6.80. The molecule has 0 saturated carbocycles. The molecule has 5 aliphatic rings. The first-order chi connectivity index (χ1) is 38.8. The number of thiazole rings is 1. The van der Waals surface area contributed by atoms with Crippen LogP contribution in [0.2, 0.25) is 0 Å². The molecule has 2 bridgehead atoms. The fourth-order valence-electron chi connectivity index (χ4n) is 13.0. The largest absolute Gasteiger partial charge is 0.508 e. The second-order valence-corrected chi connectivity index (χ2v) is 24.0. The number of rotatable bonds is 18. The second kappa shape index (κ2) is 23.0. The number of nitrogens with zero attached hydrogens (tertiary/aromatic N) is 9. The third-order valence-corrected chi connectivity index (χ3v) is 18.3. The van der Waals surface area contributed by atoms with E-state index >= 15 is 4.39 Å². The molecule has 5 unspecified atom stereocenters. The molecule has 5 aliphatic heterocycles. The van der Waals surface area contributed by atoms with Crippen molar-refractivity contribution in [3.05, 3.63) is 101 Å². The van der Waals surface area contributed by atoms with Crippen LogP contribution in [0, 0.1) is 24.6 Å². The lowest BCUT2D eigenvalue weighted by molar-refractivity contribution is -0.141. The molecule has 12 rings (SSSR count). The Morgan fingerprint density at radius 2 is 1.73 bits per heavy atom. The lowest BCUT2D eigenvalue weighted by Crippen LogP contribution is -2.55. The Morgan fingerprint density at radius 3 is 2.46 bits per heavy atom.